The molecular formula is C24H34N2O3. The van der Waals surface area contributed by atoms with Crippen molar-refractivity contribution >= 4 is 11.8 Å². The van der Waals surface area contributed by atoms with E-state index in [9.17, 15) is 9.59 Å². The fourth-order valence-corrected chi connectivity index (χ4v) is 6.09. The molecule has 2 amide bonds. The molecule has 1 aliphatic heterocycles. The molecule has 0 aromatic heterocycles. The Balaban J connectivity index is 1.53. The molecule has 1 heterocycles. The summed E-state index contributed by atoms with van der Waals surface area (Å²) in [5, 5.41) is 3.07. The number of benzene rings is 1. The Morgan fingerprint density at radius 2 is 1.69 bits per heavy atom. The Bertz CT molecular complexity index is 729. The molecular weight excluding hydrogens is 364 g/mol. The minimum absolute atomic E-state index is 0.00772. The van der Waals surface area contributed by atoms with Crippen molar-refractivity contribution in [2.75, 3.05) is 20.2 Å². The summed E-state index contributed by atoms with van der Waals surface area (Å²) in [7, 11) is 1.73. The first-order valence-electron chi connectivity index (χ1n) is 11.2. The van der Waals surface area contributed by atoms with E-state index in [0.717, 1.165) is 51.6 Å². The Hall–Kier alpha value is -1.88. The van der Waals surface area contributed by atoms with Gasteiger partial charge in [-0.15, -0.1) is 0 Å². The maximum absolute atomic E-state index is 13.9. The van der Waals surface area contributed by atoms with Crippen LogP contribution in [0, 0.1) is 11.8 Å². The Labute approximate surface area is 174 Å². The maximum Gasteiger partial charge on any atom is 0.233 e. The molecule has 158 valence electrons. The van der Waals surface area contributed by atoms with Gasteiger partial charge in [0.25, 0.3) is 0 Å². The van der Waals surface area contributed by atoms with Gasteiger partial charge in [0, 0.05) is 27.1 Å². The number of nitrogens with one attached hydrogen (secondary N) is 1. The minimum atomic E-state index is -0.356. The van der Waals surface area contributed by atoms with Crippen molar-refractivity contribution < 1.29 is 14.3 Å². The Morgan fingerprint density at radius 1 is 1.03 bits per heavy atom. The van der Waals surface area contributed by atoms with Gasteiger partial charge in [-0.05, 0) is 43.1 Å². The second-order valence-electron chi connectivity index (χ2n) is 9.29. The third-order valence-corrected chi connectivity index (χ3v) is 7.54. The van der Waals surface area contributed by atoms with Crippen LogP contribution >= 0.6 is 0 Å². The quantitative estimate of drug-likeness (QED) is 0.847. The first-order chi connectivity index (χ1) is 14.0. The highest BCUT2D eigenvalue weighted by Crippen LogP contribution is 2.44. The smallest absolute Gasteiger partial charge is 0.233 e. The SMILES string of the molecule is CO[C@@H]1C[C@H]2CN(C(=O)C3(c4ccccc4)CCCCC3)C[C@H]2C[C@H]1NC(C)=O. The highest BCUT2D eigenvalue weighted by molar-refractivity contribution is 5.88. The summed E-state index contributed by atoms with van der Waals surface area (Å²) in [6.45, 7) is 3.20. The van der Waals surface area contributed by atoms with Crippen LogP contribution in [0.25, 0.3) is 0 Å². The number of fused-ring (bicyclic) bond motifs is 1. The molecule has 4 rings (SSSR count). The number of hydrogen-bond donors (Lipinski definition) is 1. The number of carbonyl (C=O) groups excluding carboxylic acids is 2. The maximum atomic E-state index is 13.9. The molecule has 5 heteroatoms. The molecule has 29 heavy (non-hydrogen) atoms. The minimum Gasteiger partial charge on any atom is -0.379 e. The summed E-state index contributed by atoms with van der Waals surface area (Å²) in [5.74, 6) is 1.22. The molecule has 1 N–H and O–H groups in total. The van der Waals surface area contributed by atoms with Crippen LogP contribution < -0.4 is 5.32 Å². The molecule has 2 aliphatic carbocycles. The monoisotopic (exact) mass is 398 g/mol. The number of likely N-dealkylation sites (tertiary alicyclic amines) is 1. The molecule has 0 radical (unpaired) electrons. The van der Waals surface area contributed by atoms with E-state index in [-0.39, 0.29) is 23.5 Å². The predicted molar refractivity (Wildman–Crippen MR) is 112 cm³/mol. The van der Waals surface area contributed by atoms with E-state index in [4.69, 9.17) is 4.74 Å². The summed E-state index contributed by atoms with van der Waals surface area (Å²) in [5.41, 5.74) is 0.829. The number of rotatable bonds is 4. The normalized spacial score (nSPS) is 31.2. The third kappa shape index (κ3) is 3.94. The van der Waals surface area contributed by atoms with Gasteiger partial charge in [0.05, 0.1) is 17.6 Å². The average Bonchev–Trinajstić information content (AvgIpc) is 3.16. The molecule has 0 unspecified atom stereocenters. The highest BCUT2D eigenvalue weighted by atomic mass is 16.5. The van der Waals surface area contributed by atoms with E-state index >= 15 is 0 Å². The first-order valence-corrected chi connectivity index (χ1v) is 11.2. The van der Waals surface area contributed by atoms with Gasteiger partial charge in [0.15, 0.2) is 0 Å². The molecule has 4 atom stereocenters. The lowest BCUT2D eigenvalue weighted by Gasteiger charge is -2.39. The number of amides is 2. The fraction of sp³-hybridized carbons (Fsp3) is 0.667. The van der Waals surface area contributed by atoms with E-state index in [1.54, 1.807) is 14.0 Å². The van der Waals surface area contributed by atoms with Crippen LogP contribution in [0.1, 0.15) is 57.4 Å². The van der Waals surface area contributed by atoms with Crippen LogP contribution in [0.15, 0.2) is 30.3 Å². The van der Waals surface area contributed by atoms with Crippen LogP contribution in [0.2, 0.25) is 0 Å². The molecule has 3 fully saturated rings. The largest absolute Gasteiger partial charge is 0.379 e. The third-order valence-electron chi connectivity index (χ3n) is 7.54. The van der Waals surface area contributed by atoms with Crippen molar-refractivity contribution in [3.05, 3.63) is 35.9 Å². The van der Waals surface area contributed by atoms with Crippen molar-refractivity contribution in [2.24, 2.45) is 11.8 Å². The second-order valence-corrected chi connectivity index (χ2v) is 9.29. The molecule has 1 saturated heterocycles. The number of methoxy groups -OCH3 is 1. The lowest BCUT2D eigenvalue weighted by molar-refractivity contribution is -0.138. The van der Waals surface area contributed by atoms with Gasteiger partial charge in [-0.3, -0.25) is 9.59 Å². The zero-order chi connectivity index (χ0) is 20.4. The lowest BCUT2D eigenvalue weighted by Crippen LogP contribution is -2.49. The van der Waals surface area contributed by atoms with E-state index in [1.165, 1.54) is 12.0 Å². The molecule has 0 spiro atoms. The van der Waals surface area contributed by atoms with Gasteiger partial charge in [-0.25, -0.2) is 0 Å². The van der Waals surface area contributed by atoms with Gasteiger partial charge in [0.1, 0.15) is 0 Å². The van der Waals surface area contributed by atoms with Crippen molar-refractivity contribution in [1.82, 2.24) is 10.2 Å². The average molecular weight is 399 g/mol. The van der Waals surface area contributed by atoms with E-state index in [1.807, 2.05) is 6.07 Å². The molecule has 5 nitrogen and oxygen atoms in total. The standard InChI is InChI=1S/C24H34N2O3/c1-17(27)25-21-13-18-15-26(16-19(18)14-22(21)29-2)23(28)24(11-7-4-8-12-24)20-9-5-3-6-10-20/h3,5-6,9-10,18-19,21-22H,4,7-8,11-16H2,1-2H3,(H,25,27)/t18-,19+,21-,22-/m1/s1. The molecule has 1 aromatic rings. The summed E-state index contributed by atoms with van der Waals surface area (Å²) in [6, 6.07) is 10.5. The topological polar surface area (TPSA) is 58.6 Å². The van der Waals surface area contributed by atoms with Crippen LogP contribution in [0.4, 0.5) is 0 Å². The summed E-state index contributed by atoms with van der Waals surface area (Å²) in [4.78, 5) is 27.6. The van der Waals surface area contributed by atoms with Gasteiger partial charge in [-0.2, -0.15) is 0 Å². The zero-order valence-electron chi connectivity index (χ0n) is 17.7. The Morgan fingerprint density at radius 3 is 2.31 bits per heavy atom. The molecule has 1 aromatic carbocycles. The van der Waals surface area contributed by atoms with E-state index < -0.39 is 0 Å². The van der Waals surface area contributed by atoms with Crippen LogP contribution in [0.5, 0.6) is 0 Å². The zero-order valence-corrected chi connectivity index (χ0v) is 17.7. The van der Waals surface area contributed by atoms with Crippen LogP contribution in [-0.2, 0) is 19.7 Å². The summed E-state index contributed by atoms with van der Waals surface area (Å²) >= 11 is 0. The predicted octanol–water partition coefficient (Wildman–Crippen LogP) is 3.28. The summed E-state index contributed by atoms with van der Waals surface area (Å²) < 4.78 is 5.70. The first kappa shape index (κ1) is 20.4. The number of carbonyl (C=O) groups is 2. The van der Waals surface area contributed by atoms with Crippen molar-refractivity contribution in [3.8, 4) is 0 Å². The van der Waals surface area contributed by atoms with Crippen molar-refractivity contribution in [1.29, 1.82) is 0 Å². The van der Waals surface area contributed by atoms with E-state index in [2.05, 4.69) is 34.5 Å². The van der Waals surface area contributed by atoms with Gasteiger partial charge >= 0.3 is 0 Å². The summed E-state index contributed by atoms with van der Waals surface area (Å²) in [6.07, 6.45) is 7.22. The van der Waals surface area contributed by atoms with Gasteiger partial charge in [-0.1, -0.05) is 49.6 Å². The fourth-order valence-electron chi connectivity index (χ4n) is 6.09. The van der Waals surface area contributed by atoms with Gasteiger partial charge in [0.2, 0.25) is 11.8 Å². The van der Waals surface area contributed by atoms with E-state index in [0.29, 0.717) is 17.7 Å². The number of nitrogens with zero attached hydrogens (tertiary/aromatic N) is 1. The number of hydrogen-bond acceptors (Lipinski definition) is 3. The van der Waals surface area contributed by atoms with Crippen LogP contribution in [-0.4, -0.2) is 49.1 Å². The molecule has 0 bridgehead atoms. The highest BCUT2D eigenvalue weighted by Gasteiger charge is 2.49. The van der Waals surface area contributed by atoms with Crippen molar-refractivity contribution in [3.63, 3.8) is 0 Å². The van der Waals surface area contributed by atoms with Crippen molar-refractivity contribution in [2.45, 2.75) is 69.4 Å². The second kappa shape index (κ2) is 8.47. The van der Waals surface area contributed by atoms with Gasteiger partial charge < -0.3 is 15.0 Å². The number of ether oxygens (including phenoxy) is 1. The molecule has 2 saturated carbocycles. The lowest BCUT2D eigenvalue weighted by atomic mass is 9.68. The van der Waals surface area contributed by atoms with Crippen LogP contribution in [0.3, 0.4) is 0 Å². The Kier molecular flexibility index (Phi) is 5.95. The molecule has 3 aliphatic rings.